The summed E-state index contributed by atoms with van der Waals surface area (Å²) < 4.78 is 61.3. The van der Waals surface area contributed by atoms with E-state index in [0.29, 0.717) is 165 Å². The van der Waals surface area contributed by atoms with Crippen molar-refractivity contribution in [1.29, 1.82) is 0 Å². The first-order valence-corrected chi connectivity index (χ1v) is 56.9. The minimum atomic E-state index is -0.0170. The van der Waals surface area contributed by atoms with Crippen LogP contribution in [0.25, 0.3) is 0 Å². The molecule has 0 radical (unpaired) electrons. The number of carbonyl (C=O) groups is 3. The van der Waals surface area contributed by atoms with Crippen molar-refractivity contribution in [3.63, 3.8) is 0 Å². The Labute approximate surface area is 885 Å². The summed E-state index contributed by atoms with van der Waals surface area (Å²) >= 11 is 0. The van der Waals surface area contributed by atoms with E-state index in [9.17, 15) is 34.1 Å². The molecule has 804 valence electrons. The minimum Gasteiger partial charge on any atom is -0.508 e. The number of nitrogens with zero attached hydrogens (tertiary/aromatic N) is 1. The first kappa shape index (κ1) is 111. The fourth-order valence-electron chi connectivity index (χ4n) is 33.2. The van der Waals surface area contributed by atoms with Crippen molar-refractivity contribution < 1.29 is 86.1 Å². The number of likely N-dealkylation sites (tertiary alicyclic amines) is 1. The summed E-state index contributed by atoms with van der Waals surface area (Å²) in [4.78, 5) is 35.7. The summed E-state index contributed by atoms with van der Waals surface area (Å²) in [5.74, 6) is 22.3. The number of nitrogens with one attached hydrogen (secondary N) is 1. The third-order valence-electron chi connectivity index (χ3n) is 40.3. The number of aldehydes is 3. The van der Waals surface area contributed by atoms with Crippen LogP contribution >= 0.6 is 18.9 Å². The van der Waals surface area contributed by atoms with Crippen LogP contribution in [0.5, 0.6) is 69.0 Å². The molecule has 2 heterocycles. The summed E-state index contributed by atoms with van der Waals surface area (Å²) in [6.45, 7) is 28.8. The molecule has 12 aliphatic carbocycles. The zero-order valence-electron chi connectivity index (χ0n) is 89.9. The topological polar surface area (TPSA) is 242 Å². The Morgan fingerprint density at radius 2 is 0.680 bits per heavy atom. The molecule has 14 aliphatic rings. The van der Waals surface area contributed by atoms with E-state index in [-0.39, 0.29) is 15.5 Å². The molecule has 2 saturated heterocycles. The van der Waals surface area contributed by atoms with Gasteiger partial charge in [0.05, 0.1) is 90.6 Å². The van der Waals surface area contributed by atoms with Crippen LogP contribution in [0.4, 0.5) is 4.39 Å². The third kappa shape index (κ3) is 23.7. The van der Waals surface area contributed by atoms with Crippen LogP contribution in [0.15, 0.2) is 146 Å². The van der Waals surface area contributed by atoms with Crippen molar-refractivity contribution in [3.05, 3.63) is 212 Å². The second kappa shape index (κ2) is 49.6. The van der Waals surface area contributed by atoms with Crippen molar-refractivity contribution in [3.8, 4) is 69.0 Å². The van der Waals surface area contributed by atoms with Crippen molar-refractivity contribution in [1.82, 2.24) is 10.2 Å². The molecule has 0 aromatic heterocycles. The molecule has 21 heteroatoms. The molecule has 22 rings (SSSR count). The number of halogens is 1. The molecule has 8 aromatic carbocycles. The molecule has 6 N–H and O–H groups in total. The number of methoxy groups -OCH3 is 3. The maximum absolute atomic E-state index is 11.1. The van der Waals surface area contributed by atoms with Crippen LogP contribution in [0.1, 0.15) is 331 Å². The molecule has 2 aliphatic heterocycles. The van der Waals surface area contributed by atoms with Gasteiger partial charge in [-0.05, 0) is 481 Å². The molecule has 26 atom stereocenters. The summed E-state index contributed by atoms with van der Waals surface area (Å²) in [5.41, 5.74) is 16.2. The van der Waals surface area contributed by atoms with Crippen molar-refractivity contribution in [2.45, 2.75) is 278 Å². The first-order valence-electron chi connectivity index (χ1n) is 56.0. The van der Waals surface area contributed by atoms with Gasteiger partial charge in [0.15, 0.2) is 18.9 Å². The quantitative estimate of drug-likeness (QED) is 0.0291. The molecule has 147 heavy (non-hydrogen) atoms. The van der Waals surface area contributed by atoms with Gasteiger partial charge in [0.1, 0.15) is 69.0 Å². The smallest absolute Gasteiger partial charge is 0.153 e. The molecule has 0 amide bonds. The van der Waals surface area contributed by atoms with Gasteiger partial charge in [-0.25, -0.2) is 0 Å². The van der Waals surface area contributed by atoms with Crippen LogP contribution in [-0.2, 0) is 32.2 Å². The highest BCUT2D eigenvalue weighted by molar-refractivity contribution is 7.10. The van der Waals surface area contributed by atoms with Gasteiger partial charge in [-0.2, -0.15) is 0 Å². The largest absolute Gasteiger partial charge is 0.508 e. The lowest BCUT2D eigenvalue weighted by Gasteiger charge is -2.53. The summed E-state index contributed by atoms with van der Waals surface area (Å²) in [6, 6.07) is 47.9. The monoisotopic (exact) mass is 2060 g/mol. The Bertz CT molecular complexity index is 5740. The number of ether oxygens (including phenoxy) is 7. The number of alkyl halides is 1. The summed E-state index contributed by atoms with van der Waals surface area (Å²) in [5, 5.41) is 33.2. The van der Waals surface area contributed by atoms with E-state index in [1.165, 1.54) is 206 Å². The predicted octanol–water partition coefficient (Wildman–Crippen LogP) is 28.7. The number of rotatable bonds is 26. The van der Waals surface area contributed by atoms with Gasteiger partial charge in [0.25, 0.3) is 0 Å². The van der Waals surface area contributed by atoms with Crippen molar-refractivity contribution >= 4 is 37.8 Å². The normalized spacial score (nSPS) is 31.4. The third-order valence-corrected chi connectivity index (χ3v) is 40.8. The molecular weight excluding hydrogens is 1880 g/mol. The van der Waals surface area contributed by atoms with Crippen molar-refractivity contribution in [2.75, 3.05) is 81.1 Å². The fraction of sp³-hybridized carbons (Fsp3) is 0.595. The number of hydrogen-bond acceptors (Lipinski definition) is 17. The molecular formula is C126H177FN2O16P2. The molecule has 0 bridgehead atoms. The second-order valence-electron chi connectivity index (χ2n) is 47.4. The number of carbonyl (C=O) groups excluding carboxylic acids is 3. The van der Waals surface area contributed by atoms with E-state index < -0.39 is 0 Å². The van der Waals surface area contributed by atoms with Gasteiger partial charge in [0, 0.05) is 40.7 Å². The number of piperidine rings is 2. The Hall–Kier alpha value is -8.96. The summed E-state index contributed by atoms with van der Waals surface area (Å²) in [6.07, 6.45) is 40.2. The Morgan fingerprint density at radius 1 is 0.374 bits per heavy atom. The van der Waals surface area contributed by atoms with E-state index in [1.54, 1.807) is 62.8 Å². The van der Waals surface area contributed by atoms with Gasteiger partial charge in [0.2, 0.25) is 0 Å². The van der Waals surface area contributed by atoms with Gasteiger partial charge in [-0.1, -0.05) is 98.6 Å². The van der Waals surface area contributed by atoms with Crippen LogP contribution < -0.4 is 47.5 Å². The molecule has 18 nitrogen and oxygen atoms in total. The van der Waals surface area contributed by atoms with E-state index in [1.807, 2.05) is 48.5 Å². The van der Waals surface area contributed by atoms with E-state index in [0.717, 1.165) is 165 Å². The maximum Gasteiger partial charge on any atom is 0.153 e. The molecule has 0 spiro atoms. The molecule has 8 saturated carbocycles. The van der Waals surface area contributed by atoms with E-state index in [2.05, 4.69) is 151 Å². The standard InChI is InChI=1S/C34H47NO3.C29H37O4P.C29H36O4.C28H35O4P.C5H11N.CH3F.H2O.3H2/c1-23-19-25-20-27(36)9-11-29(25)30-13-15-34(2)26(8-12-31(34)33(23)30)14-18-38-28-10-7-24(32(21-28)37-3)22-35-16-5-4-6-17-35;1-18-14-20-15-23(33-34)7-8-24(20)25-10-12-29(2)21(5-9-26(29)28(18)25)11-13-32-22-6-4-19(17-30)27(16-22)31-3;1-18-14-20-15-22(31)6-8-24(20)25-10-12-29(2)21(5-9-26(29)28(18)25)11-13-33-23-7-4-19(17-30)27(16-23)32-3;1-17-13-19-14-22(32-33)6-7-23(19)24-9-11-28(2)20(4-8-25(28)27(17)24)10-12-31-21-5-3-18(16-29)26(30)15-21;1-2-4-6-5-3-1;1-2;;;;/h7,9-11,20-21,23,26,30-31,33,36H,4-6,8,12-19,22H2,1-3H3;4,6-8,15-18,21,25-26,28H,5,9-14,34H2,1-3H3;4,6-8,15-18,21,25-26,28,31H,5,9-14H2,1-3H3;3,5-7,14-17,20,24-25,27,30H,4,8-13,33H2,1-2H3;6H,1-5H2;1H3;1H2;3*1H/t23-,26-,30?,31?,33?,34?;2*18-,21-,25?,26?,28?,29?;17-,20-,24?,25?,27?,28?;;;;;;/m1111....../s1/i;;;;;;;3*1+2. The second-order valence-corrected chi connectivity index (χ2v) is 47.9. The van der Waals surface area contributed by atoms with Gasteiger partial charge < -0.3 is 68.3 Å². The SMILES string of the molecule is C1CCNCC1.CF.COc1cc(OCC[C@H]2CCC3C4C(CCC32C)c2ccc(O)cc2C[C@H]4C)ccc1C=O.COc1cc(OCC[C@H]2CCC3C4C(CCC32C)c2ccc(O)cc2C[C@H]4C)ccc1CN1CCCCC1.COc1cc(OCC[C@H]2CCC3C4C(CCC32C)c2ccc(OP)cc2C[C@H]4C)ccc1C=O.C[C@@H]1Cc2cc(OP)ccc2C2CCC3(C)C(CC[C@@H]3CCOc3ccc(C=O)c(O)c3)C21.O.[3HH].[3HH].[3HH]. The average Bonchev–Trinajstić information content (AvgIpc) is 1.53. The van der Waals surface area contributed by atoms with Gasteiger partial charge in [-0.3, -0.25) is 23.7 Å². The minimum absolute atomic E-state index is 0. The number of aromatic hydroxyl groups is 3. The maximum atomic E-state index is 11.1. The van der Waals surface area contributed by atoms with Gasteiger partial charge in [-0.15, -0.1) is 0 Å². The highest BCUT2D eigenvalue weighted by Crippen LogP contribution is 2.70. The Morgan fingerprint density at radius 3 is 0.993 bits per heavy atom. The molecule has 18 unspecified atom stereocenters. The number of benzene rings is 8. The highest BCUT2D eigenvalue weighted by Gasteiger charge is 2.61. The Kier molecular flexibility index (Phi) is 37.4. The summed E-state index contributed by atoms with van der Waals surface area (Å²) in [7, 11) is 10.2. The van der Waals surface area contributed by atoms with E-state index >= 15 is 0 Å². The highest BCUT2D eigenvalue weighted by atomic mass is 31.0. The van der Waals surface area contributed by atoms with E-state index in [4.69, 9.17) is 42.2 Å². The number of hydrogen-bond donors (Lipinski definition) is 4. The zero-order valence-corrected chi connectivity index (χ0v) is 92.2. The average molecular weight is 2060 g/mol. The van der Waals surface area contributed by atoms with Crippen LogP contribution in [0.2, 0.25) is 0 Å². The van der Waals surface area contributed by atoms with Crippen LogP contribution in [-0.4, -0.2) is 126 Å². The van der Waals surface area contributed by atoms with Gasteiger partial charge >= 0.3 is 0 Å². The fourth-order valence-corrected chi connectivity index (χ4v) is 33.5. The lowest BCUT2D eigenvalue weighted by molar-refractivity contribution is 0.000913. The number of fused-ring (bicyclic) bond motifs is 20. The predicted molar refractivity (Wildman–Crippen MR) is 597 cm³/mol. The number of phenols is 3. The zero-order chi connectivity index (χ0) is 103. The molecule has 10 fully saturated rings. The van der Waals surface area contributed by atoms with Crippen LogP contribution in [0, 0.1) is 116 Å². The lowest BCUT2D eigenvalue weighted by atomic mass is 9.51. The Balaban J connectivity index is 0.000000161. The molecule has 8 aromatic rings. The first-order chi connectivity index (χ1) is 70.8. The van der Waals surface area contributed by atoms with Crippen LogP contribution in [0.3, 0.4) is 0 Å². The number of phenolic OH excluding ortho intramolecular Hbond substituents is 3. The lowest BCUT2D eigenvalue weighted by Crippen LogP contribution is -2.45. The van der Waals surface area contributed by atoms with Crippen molar-refractivity contribution in [2.24, 2.45) is 116 Å².